The van der Waals surface area contributed by atoms with Crippen LogP contribution < -0.4 is 4.74 Å². The van der Waals surface area contributed by atoms with E-state index >= 15 is 0 Å². The zero-order valence-corrected chi connectivity index (χ0v) is 37.7. The average molecular weight is 814 g/mol. The molecule has 2 heterocycles. The second-order valence-electron chi connectivity index (χ2n) is 23.3. The van der Waals surface area contributed by atoms with Gasteiger partial charge in [0.05, 0.1) is 11.8 Å². The zero-order chi connectivity index (χ0) is 40.2. The van der Waals surface area contributed by atoms with E-state index in [9.17, 15) is 0 Å². The smallest absolute Gasteiger partial charge is 0.123 e. The van der Waals surface area contributed by atoms with Crippen molar-refractivity contribution in [2.45, 2.75) is 196 Å². The van der Waals surface area contributed by atoms with Crippen molar-refractivity contribution < 1.29 is 4.74 Å². The minimum Gasteiger partial charge on any atom is -0.489 e. The molecule has 3 aromatic rings. The predicted molar refractivity (Wildman–Crippen MR) is 250 cm³/mol. The van der Waals surface area contributed by atoms with Crippen LogP contribution in [0.4, 0.5) is 0 Å². The number of hydrogen-bond donors (Lipinski definition) is 0. The van der Waals surface area contributed by atoms with E-state index in [0.717, 1.165) is 47.3 Å². The molecule has 2 nitrogen and oxygen atoms in total. The summed E-state index contributed by atoms with van der Waals surface area (Å²) >= 11 is 0. The zero-order valence-electron chi connectivity index (χ0n) is 37.7. The van der Waals surface area contributed by atoms with Crippen LogP contribution in [0.15, 0.2) is 65.7 Å². The van der Waals surface area contributed by atoms with E-state index in [0.29, 0.717) is 41.2 Å². The van der Waals surface area contributed by atoms with Gasteiger partial charge in [-0.3, -0.25) is 4.99 Å². The maximum atomic E-state index is 6.83. The molecular formula is C59H75NO. The second-order valence-corrected chi connectivity index (χ2v) is 23.3. The topological polar surface area (TPSA) is 21.6 Å². The Hall–Kier alpha value is -2.87. The van der Waals surface area contributed by atoms with Gasteiger partial charge in [0.2, 0.25) is 0 Å². The Bertz CT molecular complexity index is 2130. The largest absolute Gasteiger partial charge is 0.489 e. The molecule has 0 saturated heterocycles. The van der Waals surface area contributed by atoms with Crippen molar-refractivity contribution in [2.75, 3.05) is 0 Å². The molecule has 0 aromatic heterocycles. The average Bonchev–Trinajstić information content (AvgIpc) is 3.94. The standard InChI is InChI=1S/C59H75NO/c1-36-41(29-30-46-47(58(60-36)37-15-3-2-4-16-37)31-32-56-57(46)48-22-10-14-26-55(48)61-56)50-34-39-18-6-5-17-38(39)33-49(50)40-27-28-45-44-21-9-13-25-53(44)59(54(45)35-40)51-23-11-7-19-42(51)43-20-8-12-24-52(43)59/h2-4,15-16,27-28,31-32,35-36,38-39,41-44,48-53,55H,5-14,17-26,29-30,33-34H2,1H3. The van der Waals surface area contributed by atoms with E-state index in [4.69, 9.17) is 9.73 Å². The lowest BCUT2D eigenvalue weighted by atomic mass is 9.55. The molecule has 0 radical (unpaired) electrons. The van der Waals surface area contributed by atoms with Crippen LogP contribution in [-0.2, 0) is 11.8 Å². The molecule has 1 spiro atoms. The first-order chi connectivity index (χ1) is 30.2. The Labute approximate surface area is 368 Å². The molecule has 0 N–H and O–H groups in total. The Balaban J connectivity index is 0.932. The van der Waals surface area contributed by atoms with Gasteiger partial charge in [-0.05, 0) is 190 Å². The molecule has 0 amide bonds. The normalized spacial score (nSPS) is 42.2. The number of hydrogen-bond acceptors (Lipinski definition) is 2. The van der Waals surface area contributed by atoms with Crippen LogP contribution in [0, 0.1) is 53.3 Å². The van der Waals surface area contributed by atoms with Gasteiger partial charge in [-0.25, -0.2) is 0 Å². The first kappa shape index (κ1) is 38.6. The van der Waals surface area contributed by atoms with E-state index in [1.807, 2.05) is 11.1 Å². The quantitative estimate of drug-likeness (QED) is 0.258. The van der Waals surface area contributed by atoms with Gasteiger partial charge in [-0.1, -0.05) is 119 Å². The van der Waals surface area contributed by atoms with E-state index < -0.39 is 0 Å². The van der Waals surface area contributed by atoms with Crippen LogP contribution in [-0.4, -0.2) is 17.9 Å². The molecule has 7 saturated carbocycles. The van der Waals surface area contributed by atoms with Crippen molar-refractivity contribution in [2.24, 2.45) is 58.3 Å². The van der Waals surface area contributed by atoms with Gasteiger partial charge in [0.1, 0.15) is 11.9 Å². The van der Waals surface area contributed by atoms with E-state index in [-0.39, 0.29) is 0 Å². The van der Waals surface area contributed by atoms with Gasteiger partial charge in [-0.15, -0.1) is 0 Å². The first-order valence-corrected chi connectivity index (χ1v) is 26.8. The summed E-state index contributed by atoms with van der Waals surface area (Å²) in [6.07, 6.45) is 34.7. The van der Waals surface area contributed by atoms with E-state index in [1.54, 1.807) is 29.5 Å². The summed E-state index contributed by atoms with van der Waals surface area (Å²) in [5.74, 6) is 11.2. The lowest BCUT2D eigenvalue weighted by Crippen LogP contribution is -2.45. The molecule has 13 rings (SSSR count). The van der Waals surface area contributed by atoms with Gasteiger partial charge in [0, 0.05) is 28.0 Å². The summed E-state index contributed by atoms with van der Waals surface area (Å²) in [5.41, 5.74) is 13.2. The van der Waals surface area contributed by atoms with Gasteiger partial charge >= 0.3 is 0 Å². The highest BCUT2D eigenvalue weighted by Gasteiger charge is 2.67. The first-order valence-electron chi connectivity index (χ1n) is 26.8. The van der Waals surface area contributed by atoms with E-state index in [2.05, 4.69) is 67.6 Å². The fourth-order valence-electron chi connectivity index (χ4n) is 19.0. The van der Waals surface area contributed by atoms with Crippen molar-refractivity contribution in [1.29, 1.82) is 0 Å². The van der Waals surface area contributed by atoms with Crippen molar-refractivity contribution in [3.63, 3.8) is 0 Å². The molecular weight excluding hydrogens is 739 g/mol. The fourth-order valence-corrected chi connectivity index (χ4v) is 19.0. The minimum atomic E-state index is 0.299. The number of nitrogens with zero attached hydrogens (tertiary/aromatic N) is 1. The molecule has 0 bridgehead atoms. The summed E-state index contributed by atoms with van der Waals surface area (Å²) in [7, 11) is 0. The third-order valence-corrected chi connectivity index (χ3v) is 21.1. The van der Waals surface area contributed by atoms with Gasteiger partial charge in [0.25, 0.3) is 0 Å². The highest BCUT2D eigenvalue weighted by molar-refractivity contribution is 6.14. The van der Waals surface area contributed by atoms with Crippen LogP contribution >= 0.6 is 0 Å². The summed E-state index contributed by atoms with van der Waals surface area (Å²) in [4.78, 5) is 6.00. The maximum absolute atomic E-state index is 6.83. The number of benzene rings is 3. The predicted octanol–water partition coefficient (Wildman–Crippen LogP) is 15.0. The summed E-state index contributed by atoms with van der Waals surface area (Å²) in [6, 6.07) is 25.0. The molecule has 8 aliphatic carbocycles. The highest BCUT2D eigenvalue weighted by Crippen LogP contribution is 2.73. The number of fused-ring (bicyclic) bond motifs is 16. The number of aliphatic imine (C=N–C) groups is 1. The van der Waals surface area contributed by atoms with Crippen molar-refractivity contribution in [3.8, 4) is 5.75 Å². The molecule has 10 aliphatic rings. The molecule has 14 unspecified atom stereocenters. The van der Waals surface area contributed by atoms with Gasteiger partial charge < -0.3 is 4.74 Å². The lowest BCUT2D eigenvalue weighted by Gasteiger charge is -2.49. The second kappa shape index (κ2) is 15.4. The minimum absolute atomic E-state index is 0.299. The van der Waals surface area contributed by atoms with Gasteiger partial charge in [0.15, 0.2) is 0 Å². The molecule has 2 aliphatic heterocycles. The Morgan fingerprint density at radius 3 is 2.02 bits per heavy atom. The summed E-state index contributed by atoms with van der Waals surface area (Å²) < 4.78 is 6.83. The highest BCUT2D eigenvalue weighted by atomic mass is 16.5. The van der Waals surface area contributed by atoms with Crippen LogP contribution in [0.25, 0.3) is 0 Å². The fraction of sp³-hybridized carbons (Fsp3) is 0.678. The van der Waals surface area contributed by atoms with Crippen molar-refractivity contribution in [1.82, 2.24) is 0 Å². The number of rotatable bonds is 3. The summed E-state index contributed by atoms with van der Waals surface area (Å²) in [5, 5.41) is 0. The molecule has 14 atom stereocenters. The Morgan fingerprint density at radius 1 is 0.557 bits per heavy atom. The van der Waals surface area contributed by atoms with E-state index in [1.165, 1.54) is 164 Å². The SMILES string of the molecule is CC1N=C(c2ccccc2)c2ccc3c(c2CCC1C1CC2CCCCC2CC1c1ccc2c(c1)C1(C4CCCCC24)C2CCCCC2C2CCCCC21)C1CCCCC1O3. The molecule has 7 fully saturated rings. The molecule has 322 valence electrons. The van der Waals surface area contributed by atoms with Crippen molar-refractivity contribution >= 4 is 5.71 Å². The molecule has 61 heavy (non-hydrogen) atoms. The van der Waals surface area contributed by atoms with Crippen LogP contribution in [0.5, 0.6) is 5.75 Å². The number of ether oxygens (including phenoxy) is 1. The van der Waals surface area contributed by atoms with Crippen LogP contribution in [0.3, 0.4) is 0 Å². The summed E-state index contributed by atoms with van der Waals surface area (Å²) in [6.45, 7) is 2.55. The van der Waals surface area contributed by atoms with Crippen molar-refractivity contribution in [3.05, 3.63) is 99.6 Å². The van der Waals surface area contributed by atoms with Gasteiger partial charge in [-0.2, -0.15) is 0 Å². The molecule has 3 aromatic carbocycles. The Kier molecular flexibility index (Phi) is 9.74. The Morgan fingerprint density at radius 2 is 1.23 bits per heavy atom. The van der Waals surface area contributed by atoms with Crippen LogP contribution in [0.2, 0.25) is 0 Å². The maximum Gasteiger partial charge on any atom is 0.123 e. The lowest BCUT2D eigenvalue weighted by molar-refractivity contribution is 0.0678. The third-order valence-electron chi connectivity index (χ3n) is 21.1. The van der Waals surface area contributed by atoms with Crippen LogP contribution in [0.1, 0.15) is 211 Å². The molecule has 2 heteroatoms. The monoisotopic (exact) mass is 814 g/mol. The third kappa shape index (κ3) is 5.93.